The van der Waals surface area contributed by atoms with Gasteiger partial charge in [0.15, 0.2) is 0 Å². The Kier molecular flexibility index (Phi) is 4.54. The zero-order valence-corrected chi connectivity index (χ0v) is 13.7. The molecule has 3 rings (SSSR count). The largest absolute Gasteiger partial charge is 0.325 e. The lowest BCUT2D eigenvalue weighted by molar-refractivity contribution is -0.127. The molecule has 8 heteroatoms. The van der Waals surface area contributed by atoms with Crippen LogP contribution in [0.25, 0.3) is 0 Å². The average molecular weight is 328 g/mol. The summed E-state index contributed by atoms with van der Waals surface area (Å²) in [5.41, 5.74) is 1.68. The van der Waals surface area contributed by atoms with E-state index in [-0.39, 0.29) is 18.0 Å². The second-order valence-corrected chi connectivity index (χ2v) is 6.09. The van der Waals surface area contributed by atoms with Crippen molar-refractivity contribution < 1.29 is 9.59 Å². The van der Waals surface area contributed by atoms with E-state index in [1.807, 2.05) is 32.2 Å². The number of rotatable bonds is 6. The average Bonchev–Trinajstić information content (AvgIpc) is 3.13. The highest BCUT2D eigenvalue weighted by molar-refractivity contribution is 6.04. The Hall–Kier alpha value is -2.77. The van der Waals surface area contributed by atoms with Gasteiger partial charge in [0.25, 0.3) is 5.91 Å². The van der Waals surface area contributed by atoms with Gasteiger partial charge >= 0.3 is 6.03 Å². The monoisotopic (exact) mass is 328 g/mol. The topological polar surface area (TPSA) is 93.0 Å². The highest BCUT2D eigenvalue weighted by Crippen LogP contribution is 2.13. The summed E-state index contributed by atoms with van der Waals surface area (Å²) in [4.78, 5) is 29.8. The van der Waals surface area contributed by atoms with Crippen molar-refractivity contribution in [2.45, 2.75) is 38.8 Å². The molecule has 1 fully saturated rings. The Bertz CT molecular complexity index is 727. The molecule has 0 spiro atoms. The molecule has 8 nitrogen and oxygen atoms in total. The van der Waals surface area contributed by atoms with Crippen LogP contribution in [0.15, 0.2) is 30.7 Å². The van der Waals surface area contributed by atoms with Crippen LogP contribution in [0.2, 0.25) is 0 Å². The quantitative estimate of drug-likeness (QED) is 0.797. The minimum atomic E-state index is -0.580. The molecule has 1 unspecified atom stereocenters. The van der Waals surface area contributed by atoms with Gasteiger partial charge in [0.2, 0.25) is 0 Å². The number of pyridine rings is 1. The number of nitrogens with one attached hydrogen (secondary N) is 1. The fraction of sp³-hybridized carbons (Fsp3) is 0.438. The van der Waals surface area contributed by atoms with Crippen molar-refractivity contribution in [2.24, 2.45) is 0 Å². The van der Waals surface area contributed by atoms with Gasteiger partial charge < -0.3 is 5.32 Å². The van der Waals surface area contributed by atoms with E-state index < -0.39 is 6.04 Å². The fourth-order valence-electron chi connectivity index (χ4n) is 2.58. The van der Waals surface area contributed by atoms with Crippen molar-refractivity contribution in [1.82, 2.24) is 30.2 Å². The third-order valence-electron chi connectivity index (χ3n) is 3.95. The molecule has 0 radical (unpaired) electrons. The molecule has 2 aromatic heterocycles. The number of amides is 3. The third kappa shape index (κ3) is 3.42. The molecule has 126 valence electrons. The summed E-state index contributed by atoms with van der Waals surface area (Å²) in [5.74, 6) is -0.219. The first kappa shape index (κ1) is 16.1. The molecule has 1 aliphatic rings. The van der Waals surface area contributed by atoms with Gasteiger partial charge in [-0.2, -0.15) is 0 Å². The van der Waals surface area contributed by atoms with Gasteiger partial charge in [0.1, 0.15) is 6.04 Å². The number of nitrogens with zero attached hydrogens (tertiary/aromatic N) is 5. The van der Waals surface area contributed by atoms with Crippen molar-refractivity contribution in [2.75, 3.05) is 6.54 Å². The molecule has 3 heterocycles. The molecule has 1 atom stereocenters. The van der Waals surface area contributed by atoms with Crippen LogP contribution in [0, 0.1) is 0 Å². The van der Waals surface area contributed by atoms with Gasteiger partial charge in [-0.3, -0.25) is 14.7 Å². The predicted octanol–water partition coefficient (Wildman–Crippen LogP) is 0.960. The van der Waals surface area contributed by atoms with Gasteiger partial charge in [-0.25, -0.2) is 9.48 Å². The molecule has 0 bridgehead atoms. The van der Waals surface area contributed by atoms with E-state index in [9.17, 15) is 9.59 Å². The van der Waals surface area contributed by atoms with Gasteiger partial charge in [-0.15, -0.1) is 5.10 Å². The second-order valence-electron chi connectivity index (χ2n) is 6.09. The number of carbonyl (C=O) groups excluding carboxylic acids is 2. The highest BCUT2D eigenvalue weighted by atomic mass is 16.2. The summed E-state index contributed by atoms with van der Waals surface area (Å²) >= 11 is 0. The molecule has 24 heavy (non-hydrogen) atoms. The Morgan fingerprint density at radius 3 is 2.83 bits per heavy atom. The van der Waals surface area contributed by atoms with Crippen LogP contribution >= 0.6 is 0 Å². The SMILES string of the molecule is CC(C)n1cc(CC2NC(=O)N(CCc3cccnc3)C2=O)nn1. The van der Waals surface area contributed by atoms with E-state index in [0.29, 0.717) is 25.1 Å². The molecule has 0 aliphatic carbocycles. The third-order valence-corrected chi connectivity index (χ3v) is 3.95. The summed E-state index contributed by atoms with van der Waals surface area (Å²) in [5, 5.41) is 10.8. The lowest BCUT2D eigenvalue weighted by atomic mass is 10.1. The van der Waals surface area contributed by atoms with E-state index in [4.69, 9.17) is 0 Å². The van der Waals surface area contributed by atoms with Crippen molar-refractivity contribution in [3.8, 4) is 0 Å². The lowest BCUT2D eigenvalue weighted by Crippen LogP contribution is -2.34. The number of urea groups is 1. The molecule has 1 saturated heterocycles. The summed E-state index contributed by atoms with van der Waals surface area (Å²) in [6.07, 6.45) is 6.17. The fourth-order valence-corrected chi connectivity index (χ4v) is 2.58. The Morgan fingerprint density at radius 1 is 1.33 bits per heavy atom. The van der Waals surface area contributed by atoms with Crippen LogP contribution in [-0.2, 0) is 17.6 Å². The molecule has 0 aromatic carbocycles. The maximum absolute atomic E-state index is 12.5. The summed E-state index contributed by atoms with van der Waals surface area (Å²) in [7, 11) is 0. The van der Waals surface area contributed by atoms with E-state index in [1.165, 1.54) is 4.90 Å². The smallest absolute Gasteiger partial charge is 0.324 e. The van der Waals surface area contributed by atoms with Crippen LogP contribution in [-0.4, -0.2) is 49.4 Å². The Labute approximate surface area is 139 Å². The van der Waals surface area contributed by atoms with Crippen LogP contribution in [0.5, 0.6) is 0 Å². The molecule has 3 amide bonds. The predicted molar refractivity (Wildman–Crippen MR) is 86.1 cm³/mol. The number of imide groups is 1. The summed E-state index contributed by atoms with van der Waals surface area (Å²) in [6.45, 7) is 4.34. The van der Waals surface area contributed by atoms with Crippen LogP contribution in [0.4, 0.5) is 4.79 Å². The molecule has 1 aliphatic heterocycles. The van der Waals surface area contributed by atoms with Gasteiger partial charge in [-0.1, -0.05) is 11.3 Å². The first-order valence-corrected chi connectivity index (χ1v) is 7.96. The van der Waals surface area contributed by atoms with Crippen molar-refractivity contribution >= 4 is 11.9 Å². The Morgan fingerprint density at radius 2 is 2.17 bits per heavy atom. The molecule has 1 N–H and O–H groups in total. The van der Waals surface area contributed by atoms with Gasteiger partial charge in [-0.05, 0) is 31.9 Å². The zero-order chi connectivity index (χ0) is 17.1. The number of carbonyl (C=O) groups is 2. The van der Waals surface area contributed by atoms with Crippen molar-refractivity contribution in [1.29, 1.82) is 0 Å². The van der Waals surface area contributed by atoms with Gasteiger partial charge in [0, 0.05) is 37.6 Å². The molecule has 0 saturated carbocycles. The molecular weight excluding hydrogens is 308 g/mol. The molecule has 2 aromatic rings. The van der Waals surface area contributed by atoms with E-state index in [2.05, 4.69) is 20.6 Å². The zero-order valence-electron chi connectivity index (χ0n) is 13.7. The number of hydrogen-bond acceptors (Lipinski definition) is 5. The van der Waals surface area contributed by atoms with Crippen LogP contribution in [0.1, 0.15) is 31.1 Å². The minimum Gasteiger partial charge on any atom is -0.325 e. The standard InChI is InChI=1S/C16H20N6O2/c1-11(2)22-10-13(19-20-22)8-14-15(23)21(16(24)18-14)7-5-12-4-3-6-17-9-12/h3-4,6,9-11,14H,5,7-8H2,1-2H3,(H,18,24). The lowest BCUT2D eigenvalue weighted by Gasteiger charge is -2.12. The van der Waals surface area contributed by atoms with E-state index in [1.54, 1.807) is 17.1 Å². The minimum absolute atomic E-state index is 0.205. The van der Waals surface area contributed by atoms with E-state index in [0.717, 1.165) is 5.56 Å². The van der Waals surface area contributed by atoms with Crippen LogP contribution < -0.4 is 5.32 Å². The maximum atomic E-state index is 12.5. The second kappa shape index (κ2) is 6.77. The summed E-state index contributed by atoms with van der Waals surface area (Å²) < 4.78 is 1.73. The number of hydrogen-bond donors (Lipinski definition) is 1. The maximum Gasteiger partial charge on any atom is 0.324 e. The summed E-state index contributed by atoms with van der Waals surface area (Å²) in [6, 6.07) is 3.03. The first-order chi connectivity index (χ1) is 11.5. The van der Waals surface area contributed by atoms with Crippen molar-refractivity contribution in [3.05, 3.63) is 42.0 Å². The normalized spacial score (nSPS) is 17.6. The number of aromatic nitrogens is 4. The van der Waals surface area contributed by atoms with E-state index >= 15 is 0 Å². The highest BCUT2D eigenvalue weighted by Gasteiger charge is 2.38. The first-order valence-electron chi connectivity index (χ1n) is 7.96. The van der Waals surface area contributed by atoms with Crippen molar-refractivity contribution in [3.63, 3.8) is 0 Å². The van der Waals surface area contributed by atoms with Gasteiger partial charge in [0.05, 0.1) is 5.69 Å². The Balaban J connectivity index is 1.61. The van der Waals surface area contributed by atoms with Crippen LogP contribution in [0.3, 0.4) is 0 Å². The molecular formula is C16H20N6O2.